The number of aryl methyl sites for hydroxylation is 1. The number of nitrogens with zero attached hydrogens (tertiary/aromatic N) is 4. The molecule has 0 spiro atoms. The molecule has 2 fully saturated rings. The maximum absolute atomic E-state index is 13.1. The number of fused-ring (bicyclic) bond motifs is 3. The second-order valence-corrected chi connectivity index (χ2v) is 9.70. The van der Waals surface area contributed by atoms with Crippen molar-refractivity contribution in [3.05, 3.63) is 67.8 Å². The highest BCUT2D eigenvalue weighted by atomic mass is 35.5. The molecular weight excluding hydrogens is 485 g/mol. The Morgan fingerprint density at radius 3 is 2.34 bits per heavy atom. The smallest absolute Gasteiger partial charge is 0.406 e. The molecule has 0 N–H and O–H groups in total. The van der Waals surface area contributed by atoms with Crippen LogP contribution in [-0.2, 0) is 13.6 Å². The van der Waals surface area contributed by atoms with E-state index in [2.05, 4.69) is 14.6 Å². The number of rotatable bonds is 4. The van der Waals surface area contributed by atoms with Crippen LogP contribution in [0.2, 0.25) is 5.02 Å². The summed E-state index contributed by atoms with van der Waals surface area (Å²) in [5.41, 5.74) is 0.637. The van der Waals surface area contributed by atoms with E-state index in [0.717, 1.165) is 24.8 Å². The Balaban J connectivity index is 1.42. The van der Waals surface area contributed by atoms with E-state index >= 15 is 0 Å². The summed E-state index contributed by atoms with van der Waals surface area (Å²) in [5.74, 6) is -0.246. The largest absolute Gasteiger partial charge is 0.573 e. The van der Waals surface area contributed by atoms with Crippen LogP contribution in [0.1, 0.15) is 43.7 Å². The third-order valence-corrected chi connectivity index (χ3v) is 7.30. The molecule has 186 valence electrons. The van der Waals surface area contributed by atoms with Crippen LogP contribution in [0.3, 0.4) is 0 Å². The maximum Gasteiger partial charge on any atom is 0.573 e. The van der Waals surface area contributed by atoms with Crippen molar-refractivity contribution >= 4 is 22.8 Å². The van der Waals surface area contributed by atoms with Crippen LogP contribution in [0, 0.1) is 0 Å². The van der Waals surface area contributed by atoms with Crippen LogP contribution in [0.25, 0.3) is 11.2 Å². The average Bonchev–Trinajstić information content (AvgIpc) is 2.79. The van der Waals surface area contributed by atoms with Crippen molar-refractivity contribution in [1.82, 2.24) is 19.0 Å². The van der Waals surface area contributed by atoms with Gasteiger partial charge in [0.2, 0.25) is 0 Å². The summed E-state index contributed by atoms with van der Waals surface area (Å²) in [4.78, 5) is 32.5. The third kappa shape index (κ3) is 4.69. The summed E-state index contributed by atoms with van der Waals surface area (Å²) < 4.78 is 44.2. The Hall–Kier alpha value is -2.85. The minimum Gasteiger partial charge on any atom is -0.406 e. The molecule has 3 aromatic rings. The van der Waals surface area contributed by atoms with Crippen molar-refractivity contribution in [3.8, 4) is 5.75 Å². The van der Waals surface area contributed by atoms with Crippen molar-refractivity contribution in [2.75, 3.05) is 0 Å². The number of alkyl halides is 3. The second-order valence-electron chi connectivity index (χ2n) is 9.26. The monoisotopic (exact) mass is 508 g/mol. The molecule has 2 aliphatic rings. The molecule has 4 heterocycles. The molecule has 2 aliphatic heterocycles. The summed E-state index contributed by atoms with van der Waals surface area (Å²) in [6.07, 6.45) is 1.07. The van der Waals surface area contributed by atoms with Gasteiger partial charge in [-0.15, -0.1) is 13.2 Å². The highest BCUT2D eigenvalue weighted by molar-refractivity contribution is 6.31. The summed E-state index contributed by atoms with van der Waals surface area (Å²) >= 11 is 6.10. The van der Waals surface area contributed by atoms with E-state index in [1.54, 1.807) is 22.8 Å². The molecule has 35 heavy (non-hydrogen) atoms. The van der Waals surface area contributed by atoms with Crippen molar-refractivity contribution < 1.29 is 17.9 Å². The Kier molecular flexibility index (Phi) is 6.13. The van der Waals surface area contributed by atoms with Crippen molar-refractivity contribution in [1.29, 1.82) is 0 Å². The van der Waals surface area contributed by atoms with Gasteiger partial charge in [-0.2, -0.15) is 0 Å². The van der Waals surface area contributed by atoms with E-state index in [1.807, 2.05) is 0 Å². The molecule has 3 atom stereocenters. The highest BCUT2D eigenvalue weighted by Crippen LogP contribution is 2.40. The standard InChI is InChI=1S/C24H24ClF3N4O3/c1-30-20-9-15(25)12-29-21(20)32(23(34)22(30)33)18-10-16-3-2-4-17(11-18)31(16)13-14-5-7-19(8-6-14)35-24(26,27)28/h5-9,12,16-18H,2-4,10-11,13H2,1H3/t16-,17+,18+. The van der Waals surface area contributed by atoms with Gasteiger partial charge >= 0.3 is 17.5 Å². The van der Waals surface area contributed by atoms with E-state index in [9.17, 15) is 22.8 Å². The first-order valence-corrected chi connectivity index (χ1v) is 11.9. The average molecular weight is 509 g/mol. The molecule has 0 aliphatic carbocycles. The molecule has 0 unspecified atom stereocenters. The van der Waals surface area contributed by atoms with Crippen LogP contribution < -0.4 is 15.9 Å². The minimum atomic E-state index is -4.72. The van der Waals surface area contributed by atoms with E-state index < -0.39 is 17.5 Å². The highest BCUT2D eigenvalue weighted by Gasteiger charge is 2.40. The van der Waals surface area contributed by atoms with E-state index in [0.29, 0.717) is 35.6 Å². The summed E-state index contributed by atoms with van der Waals surface area (Å²) in [6, 6.07) is 7.77. The molecule has 1 aromatic carbocycles. The van der Waals surface area contributed by atoms with Crippen LogP contribution in [0.4, 0.5) is 13.2 Å². The fourth-order valence-electron chi connectivity index (χ4n) is 5.57. The van der Waals surface area contributed by atoms with Gasteiger partial charge in [0, 0.05) is 37.9 Å². The number of hydrogen-bond acceptors (Lipinski definition) is 5. The third-order valence-electron chi connectivity index (χ3n) is 7.10. The van der Waals surface area contributed by atoms with Crippen molar-refractivity contribution in [2.24, 2.45) is 7.05 Å². The molecule has 2 bridgehead atoms. The topological polar surface area (TPSA) is 69.4 Å². The van der Waals surface area contributed by atoms with E-state index in [4.69, 9.17) is 11.6 Å². The molecule has 0 radical (unpaired) electrons. The summed E-state index contributed by atoms with van der Waals surface area (Å²) in [6.45, 7) is 0.592. The molecule has 0 saturated carbocycles. The zero-order valence-corrected chi connectivity index (χ0v) is 19.7. The zero-order valence-electron chi connectivity index (χ0n) is 19.0. The van der Waals surface area contributed by atoms with Crippen LogP contribution in [0.5, 0.6) is 5.75 Å². The molecule has 11 heteroatoms. The molecule has 2 aromatic heterocycles. The number of halogens is 4. The lowest BCUT2D eigenvalue weighted by Gasteiger charge is -2.49. The van der Waals surface area contributed by atoms with Gasteiger partial charge in [0.1, 0.15) is 5.75 Å². The van der Waals surface area contributed by atoms with Crippen LogP contribution >= 0.6 is 11.6 Å². The van der Waals surface area contributed by atoms with Crippen molar-refractivity contribution in [3.63, 3.8) is 0 Å². The minimum absolute atomic E-state index is 0.178. The molecule has 5 rings (SSSR count). The van der Waals surface area contributed by atoms with Gasteiger partial charge in [0.05, 0.1) is 10.5 Å². The lowest BCUT2D eigenvalue weighted by atomic mass is 9.81. The zero-order chi connectivity index (χ0) is 24.9. The van der Waals surface area contributed by atoms with Gasteiger partial charge in [-0.3, -0.25) is 19.1 Å². The molecule has 0 amide bonds. The number of piperidine rings is 2. The van der Waals surface area contributed by atoms with Crippen LogP contribution in [0.15, 0.2) is 46.1 Å². The SMILES string of the molecule is Cn1c(=O)c(=O)n([C@H]2C[C@H]3CCC[C@@H](C2)N3Cc2ccc(OC(F)(F)F)cc2)c2ncc(Cl)cc21. The number of aromatic nitrogens is 3. The number of pyridine rings is 1. The predicted molar refractivity (Wildman–Crippen MR) is 125 cm³/mol. The van der Waals surface area contributed by atoms with Crippen molar-refractivity contribution in [2.45, 2.75) is 63.1 Å². The summed E-state index contributed by atoms with van der Waals surface area (Å²) in [5, 5.41) is 0.385. The predicted octanol–water partition coefficient (Wildman–Crippen LogP) is 4.41. The Morgan fingerprint density at radius 1 is 1.06 bits per heavy atom. The molecule has 2 saturated heterocycles. The van der Waals surface area contributed by atoms with Gasteiger partial charge in [0.15, 0.2) is 5.65 Å². The quantitative estimate of drug-likeness (QED) is 0.488. The number of ether oxygens (including phenoxy) is 1. The normalized spacial score (nSPS) is 22.9. The number of hydrogen-bond donors (Lipinski definition) is 0. The van der Waals surface area contributed by atoms with Gasteiger partial charge in [-0.1, -0.05) is 30.2 Å². The Labute approximate surface area is 203 Å². The van der Waals surface area contributed by atoms with E-state index in [-0.39, 0.29) is 23.9 Å². The van der Waals surface area contributed by atoms with Gasteiger partial charge in [-0.25, -0.2) is 4.98 Å². The molecule has 7 nitrogen and oxygen atoms in total. The maximum atomic E-state index is 13.1. The van der Waals surface area contributed by atoms with Gasteiger partial charge in [0.25, 0.3) is 0 Å². The van der Waals surface area contributed by atoms with Crippen LogP contribution in [-0.4, -0.2) is 37.5 Å². The number of benzene rings is 1. The first kappa shape index (κ1) is 23.9. The second kappa shape index (κ2) is 8.98. The lowest BCUT2D eigenvalue weighted by Crippen LogP contribution is -2.53. The Morgan fingerprint density at radius 2 is 1.71 bits per heavy atom. The van der Waals surface area contributed by atoms with Gasteiger partial charge in [-0.05, 0) is 49.4 Å². The fourth-order valence-corrected chi connectivity index (χ4v) is 5.72. The first-order valence-electron chi connectivity index (χ1n) is 11.5. The summed E-state index contributed by atoms with van der Waals surface area (Å²) in [7, 11) is 1.54. The van der Waals surface area contributed by atoms with Gasteiger partial charge < -0.3 is 9.30 Å². The Bertz CT molecular complexity index is 1360. The first-order chi connectivity index (χ1) is 16.6. The lowest BCUT2D eigenvalue weighted by molar-refractivity contribution is -0.274. The molecular formula is C24H24ClF3N4O3. The fraction of sp³-hybridized carbons (Fsp3) is 0.458. The van der Waals surface area contributed by atoms with E-state index in [1.165, 1.54) is 29.9 Å².